The van der Waals surface area contributed by atoms with Gasteiger partial charge in [-0.05, 0) is 28.1 Å². The number of thiophene rings is 1. The first-order valence-electron chi connectivity index (χ1n) is 4.83. The van der Waals surface area contributed by atoms with E-state index in [0.29, 0.717) is 5.82 Å². The fourth-order valence-corrected chi connectivity index (χ4v) is 2.53. The van der Waals surface area contributed by atoms with E-state index in [1.807, 2.05) is 26.0 Å². The Morgan fingerprint density at radius 2 is 2.00 bits per heavy atom. The van der Waals surface area contributed by atoms with Crippen LogP contribution in [-0.2, 0) is 0 Å². The molecule has 16 heavy (non-hydrogen) atoms. The van der Waals surface area contributed by atoms with Crippen molar-refractivity contribution < 1.29 is 0 Å². The Morgan fingerprint density at radius 3 is 2.56 bits per heavy atom. The Labute approximate surface area is 106 Å². The van der Waals surface area contributed by atoms with Crippen molar-refractivity contribution in [1.29, 1.82) is 0 Å². The number of nitrogens with two attached hydrogens (primary N) is 1. The van der Waals surface area contributed by atoms with E-state index in [-0.39, 0.29) is 11.9 Å². The van der Waals surface area contributed by atoms with Gasteiger partial charge >= 0.3 is 0 Å². The van der Waals surface area contributed by atoms with Crippen LogP contribution in [0.25, 0.3) is 10.7 Å². The average molecular weight is 299 g/mol. The van der Waals surface area contributed by atoms with Gasteiger partial charge in [-0.3, -0.25) is 0 Å². The first kappa shape index (κ1) is 11.5. The lowest BCUT2D eigenvalue weighted by Crippen LogP contribution is -2.05. The zero-order valence-corrected chi connectivity index (χ0v) is 11.3. The van der Waals surface area contributed by atoms with Gasteiger partial charge in [-0.25, -0.2) is 4.98 Å². The first-order chi connectivity index (χ1) is 7.56. The van der Waals surface area contributed by atoms with Gasteiger partial charge in [0.05, 0.1) is 8.66 Å². The summed E-state index contributed by atoms with van der Waals surface area (Å²) in [6.07, 6.45) is 0. The topological polar surface area (TPSA) is 64.7 Å². The van der Waals surface area contributed by atoms with E-state index in [2.05, 4.69) is 30.9 Å². The molecule has 0 saturated heterocycles. The zero-order chi connectivity index (χ0) is 11.7. The number of nitrogens with zero attached hydrogens (tertiary/aromatic N) is 3. The van der Waals surface area contributed by atoms with E-state index in [9.17, 15) is 0 Å². The van der Waals surface area contributed by atoms with Crippen LogP contribution in [0.5, 0.6) is 0 Å². The second kappa shape index (κ2) is 4.47. The van der Waals surface area contributed by atoms with E-state index in [4.69, 9.17) is 5.73 Å². The number of aromatic nitrogens is 3. The summed E-state index contributed by atoms with van der Waals surface area (Å²) in [5.74, 6) is 1.89. The smallest absolute Gasteiger partial charge is 0.223 e. The highest BCUT2D eigenvalue weighted by Gasteiger charge is 2.10. The molecule has 2 rings (SSSR count). The molecular formula is C10H11BrN4S. The van der Waals surface area contributed by atoms with E-state index >= 15 is 0 Å². The van der Waals surface area contributed by atoms with Gasteiger partial charge in [-0.1, -0.05) is 13.8 Å². The molecule has 0 bridgehead atoms. The Bertz CT molecular complexity index is 509. The van der Waals surface area contributed by atoms with Gasteiger partial charge in [0.1, 0.15) is 5.82 Å². The van der Waals surface area contributed by atoms with E-state index < -0.39 is 0 Å². The number of nitrogen functional groups attached to an aromatic ring is 1. The number of hydrogen-bond donors (Lipinski definition) is 1. The minimum absolute atomic E-state index is 0.243. The molecular weight excluding hydrogens is 288 g/mol. The summed E-state index contributed by atoms with van der Waals surface area (Å²) in [6, 6.07) is 3.93. The van der Waals surface area contributed by atoms with Crippen LogP contribution in [0.4, 0.5) is 5.95 Å². The summed E-state index contributed by atoms with van der Waals surface area (Å²) in [7, 11) is 0. The van der Waals surface area contributed by atoms with Crippen LogP contribution >= 0.6 is 27.3 Å². The van der Waals surface area contributed by atoms with Crippen LogP contribution < -0.4 is 5.73 Å². The molecule has 2 aromatic heterocycles. The Kier molecular flexibility index (Phi) is 3.20. The van der Waals surface area contributed by atoms with E-state index in [1.165, 1.54) is 0 Å². The van der Waals surface area contributed by atoms with Crippen molar-refractivity contribution in [2.75, 3.05) is 5.73 Å². The molecule has 0 aromatic carbocycles. The van der Waals surface area contributed by atoms with E-state index in [1.54, 1.807) is 11.3 Å². The molecule has 0 amide bonds. The zero-order valence-electron chi connectivity index (χ0n) is 8.94. The van der Waals surface area contributed by atoms with Crippen LogP contribution in [0.15, 0.2) is 15.9 Å². The number of halogens is 1. The highest BCUT2D eigenvalue weighted by atomic mass is 79.9. The van der Waals surface area contributed by atoms with Gasteiger partial charge in [0, 0.05) is 5.92 Å². The molecule has 0 spiro atoms. The van der Waals surface area contributed by atoms with Gasteiger partial charge in [-0.2, -0.15) is 9.97 Å². The minimum atomic E-state index is 0.243. The molecule has 2 N–H and O–H groups in total. The molecule has 2 aromatic rings. The molecule has 0 aliphatic rings. The normalized spacial score (nSPS) is 11.0. The second-order valence-corrected chi connectivity index (χ2v) is 6.10. The van der Waals surface area contributed by atoms with E-state index in [0.717, 1.165) is 14.5 Å². The predicted molar refractivity (Wildman–Crippen MR) is 69.3 cm³/mol. The van der Waals surface area contributed by atoms with Crippen molar-refractivity contribution >= 4 is 33.2 Å². The molecule has 84 valence electrons. The molecule has 0 unspecified atom stereocenters. The molecule has 0 aliphatic carbocycles. The summed E-state index contributed by atoms with van der Waals surface area (Å²) >= 11 is 4.99. The highest BCUT2D eigenvalue weighted by molar-refractivity contribution is 9.11. The van der Waals surface area contributed by atoms with Gasteiger partial charge < -0.3 is 5.73 Å². The monoisotopic (exact) mass is 298 g/mol. The SMILES string of the molecule is CC(C)c1nc(N)nc(-c2ccc(Br)s2)n1. The van der Waals surface area contributed by atoms with Gasteiger partial charge in [0.2, 0.25) is 5.95 Å². The summed E-state index contributed by atoms with van der Waals surface area (Å²) in [4.78, 5) is 13.7. The summed E-state index contributed by atoms with van der Waals surface area (Å²) in [6.45, 7) is 4.06. The molecule has 0 aliphatic heterocycles. The Hall–Kier alpha value is -1.01. The maximum atomic E-state index is 5.67. The average Bonchev–Trinajstić information content (AvgIpc) is 2.64. The number of rotatable bonds is 2. The molecule has 4 nitrogen and oxygen atoms in total. The third-order valence-corrected chi connectivity index (χ3v) is 3.60. The van der Waals surface area contributed by atoms with Gasteiger partial charge in [-0.15, -0.1) is 11.3 Å². The third kappa shape index (κ3) is 2.38. The van der Waals surface area contributed by atoms with Gasteiger partial charge in [0.25, 0.3) is 0 Å². The highest BCUT2D eigenvalue weighted by Crippen LogP contribution is 2.29. The lowest BCUT2D eigenvalue weighted by Gasteiger charge is -2.05. The predicted octanol–water partition coefficient (Wildman–Crippen LogP) is 3.07. The van der Waals surface area contributed by atoms with Crippen molar-refractivity contribution in [3.8, 4) is 10.7 Å². The van der Waals surface area contributed by atoms with Gasteiger partial charge in [0.15, 0.2) is 5.82 Å². The summed E-state index contributed by atoms with van der Waals surface area (Å²) < 4.78 is 1.05. The molecule has 2 heterocycles. The fraction of sp³-hybridized carbons (Fsp3) is 0.300. The maximum Gasteiger partial charge on any atom is 0.223 e. The fourth-order valence-electron chi connectivity index (χ4n) is 1.21. The van der Waals surface area contributed by atoms with Crippen molar-refractivity contribution in [2.24, 2.45) is 0 Å². The van der Waals surface area contributed by atoms with Crippen LogP contribution in [-0.4, -0.2) is 15.0 Å². The summed E-state index contributed by atoms with van der Waals surface area (Å²) in [5, 5.41) is 0. The van der Waals surface area contributed by atoms with Crippen LogP contribution in [0.3, 0.4) is 0 Å². The van der Waals surface area contributed by atoms with Crippen LogP contribution in [0, 0.1) is 0 Å². The number of hydrogen-bond acceptors (Lipinski definition) is 5. The number of anilines is 1. The lowest BCUT2D eigenvalue weighted by molar-refractivity contribution is 0.767. The van der Waals surface area contributed by atoms with Crippen LogP contribution in [0.2, 0.25) is 0 Å². The Balaban J connectivity index is 2.49. The van der Waals surface area contributed by atoms with Crippen LogP contribution in [0.1, 0.15) is 25.6 Å². The largest absolute Gasteiger partial charge is 0.368 e. The second-order valence-electron chi connectivity index (χ2n) is 3.63. The third-order valence-electron chi connectivity index (χ3n) is 1.98. The maximum absolute atomic E-state index is 5.67. The molecule has 0 radical (unpaired) electrons. The molecule has 0 fully saturated rings. The standard InChI is InChI=1S/C10H11BrN4S/c1-5(2)8-13-9(15-10(12)14-8)6-3-4-7(11)16-6/h3-5H,1-2H3,(H2,12,13,14,15). The molecule has 0 atom stereocenters. The van der Waals surface area contributed by atoms with Crippen molar-refractivity contribution in [3.63, 3.8) is 0 Å². The van der Waals surface area contributed by atoms with Crippen molar-refractivity contribution in [1.82, 2.24) is 15.0 Å². The Morgan fingerprint density at radius 1 is 1.25 bits per heavy atom. The van der Waals surface area contributed by atoms with Crippen molar-refractivity contribution in [3.05, 3.63) is 21.7 Å². The quantitative estimate of drug-likeness (QED) is 0.925. The first-order valence-corrected chi connectivity index (χ1v) is 6.44. The lowest BCUT2D eigenvalue weighted by atomic mass is 10.2. The summed E-state index contributed by atoms with van der Waals surface area (Å²) in [5.41, 5.74) is 5.67. The molecule has 6 heteroatoms. The minimum Gasteiger partial charge on any atom is -0.368 e. The molecule has 0 saturated carbocycles. The van der Waals surface area contributed by atoms with Crippen molar-refractivity contribution in [2.45, 2.75) is 19.8 Å².